The number of alkyl halides is 2. The van der Waals surface area contributed by atoms with Crippen LogP contribution in [-0.4, -0.2) is 44.2 Å². The van der Waals surface area contributed by atoms with Gasteiger partial charge in [-0.3, -0.25) is 9.69 Å². The molecule has 2 aromatic rings. The second-order valence-electron chi connectivity index (χ2n) is 7.61. The maximum Gasteiger partial charge on any atom is 0.387 e. The number of carbonyl (C=O) groups is 1. The van der Waals surface area contributed by atoms with Gasteiger partial charge in [0.15, 0.2) is 11.5 Å². The van der Waals surface area contributed by atoms with Gasteiger partial charge in [-0.1, -0.05) is 18.2 Å². The van der Waals surface area contributed by atoms with Gasteiger partial charge >= 0.3 is 6.61 Å². The number of hydrogen-bond donors (Lipinski definition) is 1. The molecule has 1 N–H and O–H groups in total. The third-order valence-corrected chi connectivity index (χ3v) is 5.33. The first-order valence-electron chi connectivity index (χ1n) is 10.3. The van der Waals surface area contributed by atoms with Gasteiger partial charge in [-0.2, -0.15) is 8.78 Å². The van der Waals surface area contributed by atoms with Crippen molar-refractivity contribution in [3.8, 4) is 11.5 Å². The van der Waals surface area contributed by atoms with Crippen molar-refractivity contribution < 1.29 is 27.4 Å². The lowest BCUT2D eigenvalue weighted by Crippen LogP contribution is -2.43. The van der Waals surface area contributed by atoms with E-state index in [0.29, 0.717) is 26.1 Å². The molecule has 1 atom stereocenters. The molecule has 1 heterocycles. The van der Waals surface area contributed by atoms with E-state index in [-0.39, 0.29) is 29.1 Å². The minimum atomic E-state index is -2.94. The summed E-state index contributed by atoms with van der Waals surface area (Å²) in [6, 6.07) is 11.3. The van der Waals surface area contributed by atoms with Gasteiger partial charge in [0, 0.05) is 19.6 Å². The van der Waals surface area contributed by atoms with Gasteiger partial charge < -0.3 is 14.8 Å². The molecular formula is C23H27F3N2O3. The molecule has 0 aromatic heterocycles. The van der Waals surface area contributed by atoms with E-state index in [0.717, 1.165) is 30.5 Å². The van der Waals surface area contributed by atoms with Crippen LogP contribution in [0, 0.1) is 11.7 Å². The van der Waals surface area contributed by atoms with Crippen LogP contribution >= 0.6 is 0 Å². The smallest absolute Gasteiger partial charge is 0.387 e. The molecule has 168 valence electrons. The number of carbonyl (C=O) groups excluding carboxylic acids is 1. The molecular weight excluding hydrogens is 409 g/mol. The number of likely N-dealkylation sites (tertiary alicyclic amines) is 1. The zero-order valence-corrected chi connectivity index (χ0v) is 17.5. The Labute approximate surface area is 180 Å². The van der Waals surface area contributed by atoms with Crippen LogP contribution in [0.25, 0.3) is 0 Å². The number of methoxy groups -OCH3 is 1. The molecule has 0 spiro atoms. The van der Waals surface area contributed by atoms with Gasteiger partial charge in [-0.05, 0) is 61.2 Å². The summed E-state index contributed by atoms with van der Waals surface area (Å²) in [7, 11) is 1.38. The van der Waals surface area contributed by atoms with Gasteiger partial charge in [0.05, 0.1) is 13.0 Å². The van der Waals surface area contributed by atoms with E-state index >= 15 is 0 Å². The first kappa shape index (κ1) is 22.9. The number of amides is 1. The molecule has 1 saturated heterocycles. The lowest BCUT2D eigenvalue weighted by atomic mass is 9.96. The van der Waals surface area contributed by atoms with Crippen LogP contribution in [-0.2, 0) is 17.8 Å². The Bertz CT molecular complexity index is 879. The molecule has 3 rings (SSSR count). The van der Waals surface area contributed by atoms with E-state index in [1.54, 1.807) is 18.2 Å². The van der Waals surface area contributed by atoms with E-state index in [2.05, 4.69) is 15.0 Å². The van der Waals surface area contributed by atoms with E-state index in [9.17, 15) is 18.0 Å². The van der Waals surface area contributed by atoms with Crippen molar-refractivity contribution in [1.82, 2.24) is 10.2 Å². The number of halogens is 3. The molecule has 2 aromatic carbocycles. The van der Waals surface area contributed by atoms with Crippen LogP contribution in [0.15, 0.2) is 42.5 Å². The molecule has 0 bridgehead atoms. The third-order valence-electron chi connectivity index (χ3n) is 5.33. The van der Waals surface area contributed by atoms with Gasteiger partial charge in [-0.15, -0.1) is 0 Å². The summed E-state index contributed by atoms with van der Waals surface area (Å²) >= 11 is 0. The Morgan fingerprint density at radius 3 is 2.77 bits per heavy atom. The molecule has 1 aliphatic rings. The Morgan fingerprint density at radius 1 is 1.19 bits per heavy atom. The van der Waals surface area contributed by atoms with E-state index in [4.69, 9.17) is 4.74 Å². The molecule has 31 heavy (non-hydrogen) atoms. The SMILES string of the molecule is COc1ccc(CCNC(=O)C2CCCN(Cc3cccc(F)c3)C2)cc1OC(F)F. The van der Waals surface area contributed by atoms with Gasteiger partial charge in [-0.25, -0.2) is 4.39 Å². The molecule has 5 nitrogen and oxygen atoms in total. The summed E-state index contributed by atoms with van der Waals surface area (Å²) < 4.78 is 48.0. The second-order valence-corrected chi connectivity index (χ2v) is 7.61. The number of ether oxygens (including phenoxy) is 2. The van der Waals surface area contributed by atoms with Crippen molar-refractivity contribution in [3.63, 3.8) is 0 Å². The summed E-state index contributed by atoms with van der Waals surface area (Å²) in [6.45, 7) is -0.443. The number of rotatable bonds is 9. The average molecular weight is 436 g/mol. The van der Waals surface area contributed by atoms with Crippen LogP contribution in [0.1, 0.15) is 24.0 Å². The van der Waals surface area contributed by atoms with E-state index in [1.807, 2.05) is 6.07 Å². The molecule has 1 unspecified atom stereocenters. The fraction of sp³-hybridized carbons (Fsp3) is 0.435. The summed E-state index contributed by atoms with van der Waals surface area (Å²) in [4.78, 5) is 14.8. The predicted molar refractivity (Wildman–Crippen MR) is 111 cm³/mol. The van der Waals surface area contributed by atoms with Crippen LogP contribution in [0.2, 0.25) is 0 Å². The first-order chi connectivity index (χ1) is 14.9. The Morgan fingerprint density at radius 2 is 2.03 bits per heavy atom. The lowest BCUT2D eigenvalue weighted by molar-refractivity contribution is -0.126. The maximum atomic E-state index is 13.4. The maximum absolute atomic E-state index is 13.4. The Kier molecular flexibility index (Phi) is 8.17. The fourth-order valence-electron chi connectivity index (χ4n) is 3.85. The summed E-state index contributed by atoms with van der Waals surface area (Å²) in [6.07, 6.45) is 2.19. The first-order valence-corrected chi connectivity index (χ1v) is 10.3. The van der Waals surface area contributed by atoms with Crippen LogP contribution in [0.5, 0.6) is 11.5 Å². The molecule has 0 radical (unpaired) electrons. The molecule has 1 amide bonds. The van der Waals surface area contributed by atoms with Crippen molar-refractivity contribution in [2.24, 2.45) is 5.92 Å². The summed E-state index contributed by atoms with van der Waals surface area (Å²) in [5.74, 6) is -0.211. The fourth-order valence-corrected chi connectivity index (χ4v) is 3.85. The minimum absolute atomic E-state index is 0.0263. The predicted octanol–water partition coefficient (Wildman–Crippen LogP) is 4.01. The van der Waals surface area contributed by atoms with Gasteiger partial charge in [0.2, 0.25) is 5.91 Å². The highest BCUT2D eigenvalue weighted by molar-refractivity contribution is 5.79. The number of piperidine rings is 1. The molecule has 1 fully saturated rings. The van der Waals surface area contributed by atoms with Gasteiger partial charge in [0.1, 0.15) is 5.82 Å². The average Bonchev–Trinajstić information content (AvgIpc) is 2.74. The third kappa shape index (κ3) is 6.89. The number of benzene rings is 2. The van der Waals surface area contributed by atoms with E-state index in [1.165, 1.54) is 25.3 Å². The van der Waals surface area contributed by atoms with E-state index < -0.39 is 6.61 Å². The minimum Gasteiger partial charge on any atom is -0.493 e. The van der Waals surface area contributed by atoms with Crippen molar-refractivity contribution in [2.45, 2.75) is 32.4 Å². The molecule has 8 heteroatoms. The molecule has 1 aliphatic heterocycles. The highest BCUT2D eigenvalue weighted by atomic mass is 19.3. The second kappa shape index (κ2) is 11.0. The molecule has 0 aliphatic carbocycles. The number of nitrogens with zero attached hydrogens (tertiary/aromatic N) is 1. The standard InChI is InChI=1S/C23H27F3N2O3/c1-30-20-8-7-16(13-21(20)31-23(25)26)9-10-27-22(29)18-5-3-11-28(15-18)14-17-4-2-6-19(24)12-17/h2,4,6-8,12-13,18,23H,3,5,9-11,14-15H2,1H3,(H,27,29). The Hall–Kier alpha value is -2.74. The van der Waals surface area contributed by atoms with Crippen LogP contribution in [0.3, 0.4) is 0 Å². The van der Waals surface area contributed by atoms with Crippen LogP contribution in [0.4, 0.5) is 13.2 Å². The molecule has 0 saturated carbocycles. The largest absolute Gasteiger partial charge is 0.493 e. The van der Waals surface area contributed by atoms with Gasteiger partial charge in [0.25, 0.3) is 0 Å². The van der Waals surface area contributed by atoms with Crippen LogP contribution < -0.4 is 14.8 Å². The van der Waals surface area contributed by atoms with Crippen molar-refractivity contribution >= 4 is 5.91 Å². The summed E-state index contributed by atoms with van der Waals surface area (Å²) in [5.41, 5.74) is 1.65. The normalized spacial score (nSPS) is 16.9. The van der Waals surface area contributed by atoms with Crippen molar-refractivity contribution in [2.75, 3.05) is 26.7 Å². The number of hydrogen-bond acceptors (Lipinski definition) is 4. The summed E-state index contributed by atoms with van der Waals surface area (Å²) in [5, 5.41) is 2.94. The zero-order chi connectivity index (χ0) is 22.2. The Balaban J connectivity index is 1.49. The quantitative estimate of drug-likeness (QED) is 0.646. The van der Waals surface area contributed by atoms with Crippen molar-refractivity contribution in [1.29, 1.82) is 0 Å². The van der Waals surface area contributed by atoms with Crippen molar-refractivity contribution in [3.05, 3.63) is 59.4 Å². The highest BCUT2D eigenvalue weighted by Crippen LogP contribution is 2.29. The highest BCUT2D eigenvalue weighted by Gasteiger charge is 2.25. The number of nitrogens with one attached hydrogen (secondary N) is 1. The zero-order valence-electron chi connectivity index (χ0n) is 17.5. The topological polar surface area (TPSA) is 50.8 Å². The monoisotopic (exact) mass is 436 g/mol. The lowest BCUT2D eigenvalue weighted by Gasteiger charge is -2.32.